The first-order valence-electron chi connectivity index (χ1n) is 22.2. The van der Waals surface area contributed by atoms with E-state index in [0.717, 1.165) is 84.1 Å². The molecule has 65 heavy (non-hydrogen) atoms. The summed E-state index contributed by atoms with van der Waals surface area (Å²) in [5, 5.41) is 11.3. The molecule has 2 aliphatic rings. The lowest BCUT2D eigenvalue weighted by atomic mass is 9.33. The van der Waals surface area contributed by atoms with Gasteiger partial charge in [-0.1, -0.05) is 194 Å². The van der Waals surface area contributed by atoms with Crippen LogP contribution in [0.5, 0.6) is 0 Å². The first kappa shape index (κ1) is 38.1. The molecule has 2 heterocycles. The molecule has 0 radical (unpaired) electrons. The largest absolute Gasteiger partial charge is 0.311 e. The normalized spacial score (nSPS) is 12.2. The number of rotatable bonds is 7. The zero-order valence-electron chi connectivity index (χ0n) is 35.5. The fraction of sp³-hybridized carbons (Fsp3) is 0. The van der Waals surface area contributed by atoms with E-state index in [1.54, 1.807) is 0 Å². The van der Waals surface area contributed by atoms with Crippen LogP contribution in [0, 0.1) is 11.3 Å². The Balaban J connectivity index is 1.18. The molecule has 12 rings (SSSR count). The van der Waals surface area contributed by atoms with Crippen molar-refractivity contribution in [1.82, 2.24) is 0 Å². The zero-order chi connectivity index (χ0) is 43.3. The van der Waals surface area contributed by atoms with Gasteiger partial charge in [-0.25, -0.2) is 0 Å². The van der Waals surface area contributed by atoms with Crippen molar-refractivity contribution < 1.29 is 0 Å². The van der Waals surface area contributed by atoms with Crippen LogP contribution in [0.1, 0.15) is 5.56 Å². The van der Waals surface area contributed by atoms with E-state index in [1.165, 1.54) is 22.1 Å². The van der Waals surface area contributed by atoms with E-state index in [-0.39, 0.29) is 6.71 Å². The molecular formula is C61H40BN3. The van der Waals surface area contributed by atoms with Crippen molar-refractivity contribution in [2.75, 3.05) is 9.80 Å². The minimum Gasteiger partial charge on any atom is -0.311 e. The SMILES string of the molecule is N#Cc1cc(-c2ccccc2)cc2c1N(c1ccc(-c3ccccc3)cc1)c1cc(-c3ccccc3)cc3c1B2c1cc(-c2ccccc2)ccc1N3c1ccc(-c2ccccc2)cc1. The average molecular weight is 826 g/mol. The van der Waals surface area contributed by atoms with Crippen molar-refractivity contribution in [2.45, 2.75) is 0 Å². The van der Waals surface area contributed by atoms with Crippen molar-refractivity contribution >= 4 is 57.2 Å². The van der Waals surface area contributed by atoms with Gasteiger partial charge >= 0.3 is 0 Å². The monoisotopic (exact) mass is 825 g/mol. The number of hydrogen-bond acceptors (Lipinski definition) is 3. The third-order valence-corrected chi connectivity index (χ3v) is 13.1. The molecule has 302 valence electrons. The second-order valence-electron chi connectivity index (χ2n) is 16.8. The topological polar surface area (TPSA) is 30.3 Å². The van der Waals surface area contributed by atoms with Gasteiger partial charge in [0.2, 0.25) is 0 Å². The Morgan fingerprint density at radius 2 is 0.677 bits per heavy atom. The van der Waals surface area contributed by atoms with Crippen LogP contribution in [-0.4, -0.2) is 6.71 Å². The van der Waals surface area contributed by atoms with E-state index < -0.39 is 0 Å². The molecule has 4 heteroatoms. The van der Waals surface area contributed by atoms with Crippen LogP contribution in [0.25, 0.3) is 55.6 Å². The van der Waals surface area contributed by atoms with Gasteiger partial charge in [-0.05, 0) is 121 Å². The van der Waals surface area contributed by atoms with Crippen LogP contribution in [0.3, 0.4) is 0 Å². The first-order valence-corrected chi connectivity index (χ1v) is 22.2. The highest BCUT2D eigenvalue weighted by molar-refractivity contribution is 7.00. The molecule has 0 saturated carbocycles. The Morgan fingerprint density at radius 1 is 0.308 bits per heavy atom. The Labute approximate surface area is 380 Å². The molecule has 0 aromatic heterocycles. The van der Waals surface area contributed by atoms with Crippen LogP contribution in [0.2, 0.25) is 0 Å². The third-order valence-electron chi connectivity index (χ3n) is 13.1. The maximum atomic E-state index is 11.3. The van der Waals surface area contributed by atoms with Crippen molar-refractivity contribution in [3.8, 4) is 61.7 Å². The Bertz CT molecular complexity index is 3400. The highest BCUT2D eigenvalue weighted by atomic mass is 15.2. The van der Waals surface area contributed by atoms with Gasteiger partial charge < -0.3 is 9.80 Å². The second-order valence-corrected chi connectivity index (χ2v) is 16.8. The molecule has 0 amide bonds. The van der Waals surface area contributed by atoms with Crippen LogP contribution in [-0.2, 0) is 0 Å². The lowest BCUT2D eigenvalue weighted by Crippen LogP contribution is -2.61. The summed E-state index contributed by atoms with van der Waals surface area (Å²) in [6.07, 6.45) is 0. The quantitative estimate of drug-likeness (QED) is 0.150. The summed E-state index contributed by atoms with van der Waals surface area (Å²) >= 11 is 0. The molecular weight excluding hydrogens is 786 g/mol. The summed E-state index contributed by atoms with van der Waals surface area (Å²) in [6.45, 7) is -0.200. The van der Waals surface area contributed by atoms with E-state index in [0.29, 0.717) is 5.56 Å². The number of hydrogen-bond donors (Lipinski definition) is 0. The van der Waals surface area contributed by atoms with E-state index in [1.807, 2.05) is 6.07 Å². The molecule has 0 fully saturated rings. The molecule has 0 atom stereocenters. The molecule has 0 unspecified atom stereocenters. The highest BCUT2D eigenvalue weighted by Gasteiger charge is 2.45. The van der Waals surface area contributed by atoms with Crippen LogP contribution in [0.15, 0.2) is 243 Å². The highest BCUT2D eigenvalue weighted by Crippen LogP contribution is 2.48. The lowest BCUT2D eigenvalue weighted by Gasteiger charge is -2.45. The Kier molecular flexibility index (Phi) is 9.32. The fourth-order valence-electron chi connectivity index (χ4n) is 10.0. The molecule has 10 aromatic rings. The van der Waals surface area contributed by atoms with Crippen molar-refractivity contribution in [2.24, 2.45) is 0 Å². The van der Waals surface area contributed by atoms with Gasteiger partial charge in [0.25, 0.3) is 6.71 Å². The molecule has 2 aliphatic heterocycles. The number of nitrogens with zero attached hydrogens (tertiary/aromatic N) is 3. The third kappa shape index (κ3) is 6.61. The molecule has 10 aromatic carbocycles. The Hall–Kier alpha value is -8.65. The summed E-state index contributed by atoms with van der Waals surface area (Å²) in [6, 6.07) is 89.6. The minimum absolute atomic E-state index is 0.200. The number of fused-ring (bicyclic) bond motifs is 4. The van der Waals surface area contributed by atoms with Gasteiger partial charge in [0.1, 0.15) is 6.07 Å². The molecule has 0 saturated heterocycles. The number of anilines is 6. The molecule has 0 bridgehead atoms. The van der Waals surface area contributed by atoms with Crippen molar-refractivity contribution in [1.29, 1.82) is 5.26 Å². The van der Waals surface area contributed by atoms with E-state index >= 15 is 0 Å². The maximum Gasteiger partial charge on any atom is 0.252 e. The predicted molar refractivity (Wildman–Crippen MR) is 272 cm³/mol. The van der Waals surface area contributed by atoms with Gasteiger partial charge in [0.15, 0.2) is 0 Å². The van der Waals surface area contributed by atoms with Gasteiger partial charge in [-0.15, -0.1) is 0 Å². The molecule has 0 N–H and O–H groups in total. The van der Waals surface area contributed by atoms with Gasteiger partial charge in [-0.2, -0.15) is 5.26 Å². The average Bonchev–Trinajstić information content (AvgIpc) is 3.39. The fourth-order valence-corrected chi connectivity index (χ4v) is 10.0. The number of nitriles is 1. The number of benzene rings is 10. The standard InChI is InChI=1S/C61H40BN3/c63-41-52-36-50(45-22-12-4-13-23-45)38-56-61(52)65(54-33-28-48(29-34-54)43-18-8-2-9-19-43)59-40-51(46-24-14-5-15-25-46)39-58-60(59)62(56)55-37-49(44-20-10-3-11-21-44)30-35-57(55)64(58)53-31-26-47(27-32-53)42-16-6-1-7-17-42/h1-40H. The second kappa shape index (κ2) is 15.9. The van der Waals surface area contributed by atoms with Crippen molar-refractivity contribution in [3.05, 3.63) is 248 Å². The van der Waals surface area contributed by atoms with Crippen LogP contribution in [0.4, 0.5) is 34.1 Å². The molecule has 3 nitrogen and oxygen atoms in total. The molecule has 0 spiro atoms. The molecule has 0 aliphatic carbocycles. The van der Waals surface area contributed by atoms with E-state index in [9.17, 15) is 5.26 Å². The predicted octanol–water partition coefficient (Wildman–Crippen LogP) is 14.0. The van der Waals surface area contributed by atoms with Crippen molar-refractivity contribution in [3.63, 3.8) is 0 Å². The smallest absolute Gasteiger partial charge is 0.252 e. The maximum absolute atomic E-state index is 11.3. The summed E-state index contributed by atoms with van der Waals surface area (Å²) in [5.74, 6) is 0. The van der Waals surface area contributed by atoms with Gasteiger partial charge in [-0.3, -0.25) is 0 Å². The Morgan fingerprint density at radius 3 is 1.15 bits per heavy atom. The summed E-state index contributed by atoms with van der Waals surface area (Å²) in [4.78, 5) is 4.83. The van der Waals surface area contributed by atoms with Gasteiger partial charge in [0.05, 0.1) is 11.3 Å². The van der Waals surface area contributed by atoms with E-state index in [2.05, 4.69) is 252 Å². The first-order chi connectivity index (χ1) is 32.2. The summed E-state index contributed by atoms with van der Waals surface area (Å²) in [7, 11) is 0. The van der Waals surface area contributed by atoms with E-state index in [4.69, 9.17) is 0 Å². The van der Waals surface area contributed by atoms with Crippen LogP contribution >= 0.6 is 0 Å². The minimum atomic E-state index is -0.200. The van der Waals surface area contributed by atoms with Gasteiger partial charge in [0, 0.05) is 28.4 Å². The zero-order valence-corrected chi connectivity index (χ0v) is 35.5. The van der Waals surface area contributed by atoms with Crippen LogP contribution < -0.4 is 26.2 Å². The summed E-state index contributed by atoms with van der Waals surface area (Å²) < 4.78 is 0. The lowest BCUT2D eigenvalue weighted by molar-refractivity contribution is 1.25. The summed E-state index contributed by atoms with van der Waals surface area (Å²) in [5.41, 5.74) is 21.6.